The minimum atomic E-state index is -1.00. The Kier molecular flexibility index (Phi) is 6.22. The van der Waals surface area contributed by atoms with E-state index < -0.39 is 4.84 Å². The van der Waals surface area contributed by atoms with E-state index in [9.17, 15) is 4.79 Å². The molecule has 0 N–H and O–H groups in total. The predicted molar refractivity (Wildman–Crippen MR) is 110 cm³/mol. The first kappa shape index (κ1) is 19.9. The zero-order valence-electron chi connectivity index (χ0n) is 15.9. The quantitative estimate of drug-likeness (QED) is 0.729. The van der Waals surface area contributed by atoms with Crippen molar-refractivity contribution in [1.82, 2.24) is 14.9 Å². The number of nitrogens with zero attached hydrogens (tertiary/aromatic N) is 4. The van der Waals surface area contributed by atoms with Crippen LogP contribution in [-0.4, -0.2) is 51.8 Å². The van der Waals surface area contributed by atoms with Crippen LogP contribution in [0.4, 0.5) is 5.82 Å². The Morgan fingerprint density at radius 1 is 1.04 bits per heavy atom. The molecule has 1 amide bonds. The summed E-state index contributed by atoms with van der Waals surface area (Å²) in [6, 6.07) is 8.54. The fourth-order valence-electron chi connectivity index (χ4n) is 3.37. The highest BCUT2D eigenvalue weighted by molar-refractivity contribution is 6.53. The van der Waals surface area contributed by atoms with Crippen molar-refractivity contribution in [2.24, 2.45) is 0 Å². The number of hydrogen-bond donors (Lipinski definition) is 0. The number of aromatic nitrogens is 2. The van der Waals surface area contributed by atoms with Gasteiger partial charge in [0.15, 0.2) is 4.84 Å². The molecule has 1 aromatic carbocycles. The zero-order valence-corrected chi connectivity index (χ0v) is 17.4. The summed E-state index contributed by atoms with van der Waals surface area (Å²) in [5.41, 5.74) is 4.61. The molecule has 5 nitrogen and oxygen atoms in total. The molecule has 0 atom stereocenters. The van der Waals surface area contributed by atoms with Crippen LogP contribution in [0.2, 0.25) is 0 Å². The fraction of sp³-hybridized carbons (Fsp3) is 0.450. The van der Waals surface area contributed by atoms with E-state index >= 15 is 0 Å². The Hall–Kier alpha value is -1.85. The number of alkyl halides is 2. The van der Waals surface area contributed by atoms with Gasteiger partial charge < -0.3 is 9.80 Å². The van der Waals surface area contributed by atoms with Gasteiger partial charge in [-0.3, -0.25) is 4.79 Å². The summed E-state index contributed by atoms with van der Waals surface area (Å²) in [4.78, 5) is 24.2. The van der Waals surface area contributed by atoms with Crippen molar-refractivity contribution in [3.63, 3.8) is 0 Å². The monoisotopic (exact) mass is 406 g/mol. The van der Waals surface area contributed by atoms with Gasteiger partial charge in [-0.05, 0) is 26.3 Å². The second-order valence-corrected chi connectivity index (χ2v) is 8.03. The van der Waals surface area contributed by atoms with E-state index in [1.807, 2.05) is 13.8 Å². The van der Waals surface area contributed by atoms with Crippen LogP contribution in [0, 0.1) is 20.8 Å². The summed E-state index contributed by atoms with van der Waals surface area (Å²) in [7, 11) is 0. The molecule has 1 fully saturated rings. The number of anilines is 1. The van der Waals surface area contributed by atoms with Crippen molar-refractivity contribution in [3.05, 3.63) is 52.5 Å². The molecule has 2 heterocycles. The van der Waals surface area contributed by atoms with E-state index in [2.05, 4.69) is 41.1 Å². The van der Waals surface area contributed by atoms with Gasteiger partial charge in [0.1, 0.15) is 11.6 Å². The lowest BCUT2D eigenvalue weighted by Gasteiger charge is -2.36. The molecule has 0 spiro atoms. The Balaban J connectivity index is 1.83. The molecule has 0 saturated carbocycles. The molecule has 27 heavy (non-hydrogen) atoms. The SMILES string of the molecule is Cc1ccc(Cc2c(C)nc(C)nc2N2CCN(C(=O)C(Cl)Cl)CC2)cc1. The molecule has 0 bridgehead atoms. The Morgan fingerprint density at radius 3 is 2.26 bits per heavy atom. The number of carbonyl (C=O) groups excluding carboxylic acids is 1. The van der Waals surface area contributed by atoms with Gasteiger partial charge in [0, 0.05) is 43.9 Å². The number of aryl methyl sites for hydroxylation is 3. The average Bonchev–Trinajstić information content (AvgIpc) is 2.64. The van der Waals surface area contributed by atoms with Gasteiger partial charge in [0.25, 0.3) is 5.91 Å². The Bertz CT molecular complexity index is 815. The number of rotatable bonds is 4. The second kappa shape index (κ2) is 8.44. The first-order valence-electron chi connectivity index (χ1n) is 9.06. The van der Waals surface area contributed by atoms with E-state index in [0.717, 1.165) is 29.3 Å². The van der Waals surface area contributed by atoms with Crippen LogP contribution in [0.5, 0.6) is 0 Å². The van der Waals surface area contributed by atoms with E-state index in [4.69, 9.17) is 28.2 Å². The molecule has 0 unspecified atom stereocenters. The van der Waals surface area contributed by atoms with Crippen LogP contribution in [0.15, 0.2) is 24.3 Å². The smallest absolute Gasteiger partial charge is 0.255 e. The van der Waals surface area contributed by atoms with E-state index in [1.54, 1.807) is 4.90 Å². The first-order chi connectivity index (χ1) is 12.8. The third kappa shape index (κ3) is 4.71. The van der Waals surface area contributed by atoms with Crippen molar-refractivity contribution in [3.8, 4) is 0 Å². The largest absolute Gasteiger partial charge is 0.353 e. The molecule has 1 aromatic heterocycles. The molecule has 3 rings (SSSR count). The highest BCUT2D eigenvalue weighted by Gasteiger charge is 2.27. The van der Waals surface area contributed by atoms with Crippen molar-refractivity contribution in [2.45, 2.75) is 32.0 Å². The van der Waals surface area contributed by atoms with Crippen molar-refractivity contribution < 1.29 is 4.79 Å². The summed E-state index contributed by atoms with van der Waals surface area (Å²) in [6.45, 7) is 8.60. The van der Waals surface area contributed by atoms with Gasteiger partial charge in [-0.2, -0.15) is 0 Å². The molecular formula is C20H24Cl2N4O. The highest BCUT2D eigenvalue weighted by Crippen LogP contribution is 2.25. The van der Waals surface area contributed by atoms with Crippen molar-refractivity contribution in [2.75, 3.05) is 31.1 Å². The Morgan fingerprint density at radius 2 is 1.67 bits per heavy atom. The lowest BCUT2D eigenvalue weighted by Crippen LogP contribution is -2.50. The molecule has 2 aromatic rings. The third-order valence-electron chi connectivity index (χ3n) is 4.88. The second-order valence-electron chi connectivity index (χ2n) is 6.93. The maximum absolute atomic E-state index is 12.0. The lowest BCUT2D eigenvalue weighted by atomic mass is 10.0. The van der Waals surface area contributed by atoms with Gasteiger partial charge in [-0.25, -0.2) is 9.97 Å². The maximum Gasteiger partial charge on any atom is 0.255 e. The van der Waals surface area contributed by atoms with Crippen molar-refractivity contribution in [1.29, 1.82) is 0 Å². The molecule has 1 aliphatic heterocycles. The van der Waals surface area contributed by atoms with Gasteiger partial charge in [-0.1, -0.05) is 53.0 Å². The van der Waals surface area contributed by atoms with Gasteiger partial charge >= 0.3 is 0 Å². The summed E-state index contributed by atoms with van der Waals surface area (Å²) in [5, 5.41) is 0. The number of halogens is 2. The van der Waals surface area contributed by atoms with E-state index in [0.29, 0.717) is 26.2 Å². The van der Waals surface area contributed by atoms with Gasteiger partial charge in [0.2, 0.25) is 0 Å². The lowest BCUT2D eigenvalue weighted by molar-refractivity contribution is -0.129. The number of benzene rings is 1. The molecule has 0 radical (unpaired) electrons. The number of amides is 1. The molecule has 1 saturated heterocycles. The molecule has 1 aliphatic rings. The standard InChI is InChI=1S/C20H24Cl2N4O/c1-13-4-6-16(7-5-13)12-17-14(2)23-15(3)24-19(17)25-8-10-26(11-9-25)20(27)18(21)22/h4-7,18H,8-12H2,1-3H3. The minimum Gasteiger partial charge on any atom is -0.353 e. The van der Waals surface area contributed by atoms with Crippen LogP contribution in [0.3, 0.4) is 0 Å². The Labute approximate surface area is 170 Å². The third-order valence-corrected chi connectivity index (χ3v) is 5.26. The molecule has 144 valence electrons. The summed E-state index contributed by atoms with van der Waals surface area (Å²) in [6.07, 6.45) is 0.784. The number of carbonyl (C=O) groups is 1. The summed E-state index contributed by atoms with van der Waals surface area (Å²) >= 11 is 11.4. The number of piperazine rings is 1. The predicted octanol–water partition coefficient (Wildman–Crippen LogP) is 3.44. The van der Waals surface area contributed by atoms with Crippen LogP contribution in [-0.2, 0) is 11.2 Å². The number of hydrogen-bond acceptors (Lipinski definition) is 4. The molecular weight excluding hydrogens is 383 g/mol. The maximum atomic E-state index is 12.0. The topological polar surface area (TPSA) is 49.3 Å². The van der Waals surface area contributed by atoms with Crippen LogP contribution in [0.1, 0.15) is 28.2 Å². The van der Waals surface area contributed by atoms with Gasteiger partial charge in [0.05, 0.1) is 0 Å². The van der Waals surface area contributed by atoms with Crippen LogP contribution < -0.4 is 4.90 Å². The van der Waals surface area contributed by atoms with Crippen LogP contribution in [0.25, 0.3) is 0 Å². The minimum absolute atomic E-state index is 0.229. The average molecular weight is 407 g/mol. The summed E-state index contributed by atoms with van der Waals surface area (Å²) in [5.74, 6) is 1.49. The van der Waals surface area contributed by atoms with Crippen molar-refractivity contribution >= 4 is 34.9 Å². The van der Waals surface area contributed by atoms with Crippen LogP contribution >= 0.6 is 23.2 Å². The summed E-state index contributed by atoms with van der Waals surface area (Å²) < 4.78 is 0. The normalized spacial score (nSPS) is 14.7. The molecule has 0 aliphatic carbocycles. The van der Waals surface area contributed by atoms with E-state index in [-0.39, 0.29) is 5.91 Å². The van der Waals surface area contributed by atoms with E-state index in [1.165, 1.54) is 11.1 Å². The zero-order chi connectivity index (χ0) is 19.6. The first-order valence-corrected chi connectivity index (χ1v) is 9.94. The van der Waals surface area contributed by atoms with Gasteiger partial charge in [-0.15, -0.1) is 0 Å². The fourth-order valence-corrected chi connectivity index (χ4v) is 3.65. The highest BCUT2D eigenvalue weighted by atomic mass is 35.5. The molecule has 7 heteroatoms.